The molecule has 2 fully saturated rings. The molecule has 1 spiro atoms. The fraction of sp³-hybridized carbons (Fsp3) is 0.600. The molecular weight excluding hydrogens is 258 g/mol. The second kappa shape index (κ2) is 4.82. The highest BCUT2D eigenvalue weighted by Gasteiger charge is 2.41. The monoisotopic (exact) mass is 277 g/mol. The Morgan fingerprint density at radius 3 is 3.00 bits per heavy atom. The maximum absolute atomic E-state index is 5.96. The number of benzene rings is 1. The van der Waals surface area contributed by atoms with Crippen molar-refractivity contribution < 1.29 is 18.9 Å². The van der Waals surface area contributed by atoms with E-state index in [0.717, 1.165) is 56.3 Å². The molecule has 1 aromatic rings. The maximum atomic E-state index is 5.96. The second-order valence-corrected chi connectivity index (χ2v) is 5.74. The molecule has 20 heavy (non-hydrogen) atoms. The van der Waals surface area contributed by atoms with Crippen LogP contribution in [0.5, 0.6) is 11.5 Å². The molecule has 2 atom stereocenters. The summed E-state index contributed by atoms with van der Waals surface area (Å²) < 4.78 is 22.2. The number of nitrogens with one attached hydrogen (secondary N) is 1. The molecule has 3 heterocycles. The normalized spacial score (nSPS) is 31.7. The van der Waals surface area contributed by atoms with Gasteiger partial charge in [0.05, 0.1) is 12.2 Å². The van der Waals surface area contributed by atoms with Gasteiger partial charge in [0.1, 0.15) is 0 Å². The van der Waals surface area contributed by atoms with E-state index in [1.807, 2.05) is 18.2 Å². The van der Waals surface area contributed by atoms with Crippen LogP contribution < -0.4 is 14.8 Å². The Kier molecular flexibility index (Phi) is 2.97. The van der Waals surface area contributed by atoms with E-state index >= 15 is 0 Å². The summed E-state index contributed by atoms with van der Waals surface area (Å²) in [6, 6.07) is 6.43. The van der Waals surface area contributed by atoms with Crippen LogP contribution in [0, 0.1) is 0 Å². The first-order chi connectivity index (χ1) is 9.83. The Labute approximate surface area is 118 Å². The van der Waals surface area contributed by atoms with Gasteiger partial charge in [0, 0.05) is 37.4 Å². The zero-order valence-corrected chi connectivity index (χ0v) is 11.4. The van der Waals surface area contributed by atoms with E-state index in [4.69, 9.17) is 18.9 Å². The number of anilines is 1. The molecule has 0 saturated carbocycles. The Balaban J connectivity index is 1.46. The van der Waals surface area contributed by atoms with Gasteiger partial charge >= 0.3 is 0 Å². The van der Waals surface area contributed by atoms with E-state index in [0.29, 0.717) is 12.8 Å². The van der Waals surface area contributed by atoms with Gasteiger partial charge in [-0.15, -0.1) is 0 Å². The quantitative estimate of drug-likeness (QED) is 0.897. The van der Waals surface area contributed by atoms with Crippen LogP contribution in [0.2, 0.25) is 0 Å². The van der Waals surface area contributed by atoms with Gasteiger partial charge in [-0.3, -0.25) is 0 Å². The first-order valence-corrected chi connectivity index (χ1v) is 7.21. The lowest BCUT2D eigenvalue weighted by molar-refractivity contribution is -0.0828. The van der Waals surface area contributed by atoms with Crippen LogP contribution in [0.4, 0.5) is 5.69 Å². The van der Waals surface area contributed by atoms with Crippen LogP contribution >= 0.6 is 0 Å². The Hall–Kier alpha value is -1.46. The van der Waals surface area contributed by atoms with Gasteiger partial charge in [-0.25, -0.2) is 0 Å². The fourth-order valence-corrected chi connectivity index (χ4v) is 3.24. The summed E-state index contributed by atoms with van der Waals surface area (Å²) in [7, 11) is 0. The third-order valence-corrected chi connectivity index (χ3v) is 4.30. The van der Waals surface area contributed by atoms with Gasteiger partial charge in [-0.2, -0.15) is 0 Å². The summed E-state index contributed by atoms with van der Waals surface area (Å²) >= 11 is 0. The van der Waals surface area contributed by atoms with Crippen molar-refractivity contribution in [2.24, 2.45) is 0 Å². The summed E-state index contributed by atoms with van der Waals surface area (Å²) in [5.41, 5.74) is 1.02. The molecular formula is C15H19NO4. The van der Waals surface area contributed by atoms with E-state index in [-0.39, 0.29) is 5.60 Å². The van der Waals surface area contributed by atoms with Crippen LogP contribution in [-0.4, -0.2) is 38.3 Å². The topological polar surface area (TPSA) is 49.0 Å². The third-order valence-electron chi connectivity index (χ3n) is 4.30. The molecule has 3 aliphatic rings. The van der Waals surface area contributed by atoms with Gasteiger partial charge < -0.3 is 24.3 Å². The van der Waals surface area contributed by atoms with Crippen LogP contribution in [0.25, 0.3) is 0 Å². The fourth-order valence-electron chi connectivity index (χ4n) is 3.24. The van der Waals surface area contributed by atoms with Crippen LogP contribution in [0.15, 0.2) is 18.2 Å². The summed E-state index contributed by atoms with van der Waals surface area (Å²) in [5, 5.41) is 3.59. The predicted molar refractivity (Wildman–Crippen MR) is 73.3 cm³/mol. The van der Waals surface area contributed by atoms with Gasteiger partial charge in [-0.05, 0) is 25.0 Å². The molecule has 3 aliphatic heterocycles. The van der Waals surface area contributed by atoms with E-state index < -0.39 is 0 Å². The van der Waals surface area contributed by atoms with Gasteiger partial charge in [0.2, 0.25) is 6.79 Å². The molecule has 2 saturated heterocycles. The molecule has 0 aromatic heterocycles. The number of hydrogen-bond acceptors (Lipinski definition) is 5. The average Bonchev–Trinajstić information content (AvgIpc) is 3.08. The summed E-state index contributed by atoms with van der Waals surface area (Å²) in [6.07, 6.45) is 3.03. The molecule has 0 bridgehead atoms. The molecule has 2 unspecified atom stereocenters. The van der Waals surface area contributed by atoms with Crippen molar-refractivity contribution in [1.82, 2.24) is 0 Å². The number of rotatable bonds is 2. The first-order valence-electron chi connectivity index (χ1n) is 7.21. The van der Waals surface area contributed by atoms with Crippen molar-refractivity contribution in [2.45, 2.75) is 30.9 Å². The molecule has 1 N–H and O–H groups in total. The highest BCUT2D eigenvalue weighted by Crippen LogP contribution is 2.37. The van der Waals surface area contributed by atoms with Crippen LogP contribution in [0.1, 0.15) is 19.3 Å². The van der Waals surface area contributed by atoms with Crippen molar-refractivity contribution in [3.05, 3.63) is 18.2 Å². The Morgan fingerprint density at radius 1 is 1.15 bits per heavy atom. The zero-order chi connectivity index (χ0) is 13.4. The predicted octanol–water partition coefficient (Wildman–Crippen LogP) is 2.17. The minimum atomic E-state index is -0.0632. The Bertz CT molecular complexity index is 499. The first kappa shape index (κ1) is 12.3. The van der Waals surface area contributed by atoms with E-state index in [1.54, 1.807) is 0 Å². The number of hydrogen-bond donors (Lipinski definition) is 1. The SMILES string of the molecule is c1cc2c(cc1NC1CCOC3(CCOC3)C1)OCO2. The number of ether oxygens (including phenoxy) is 4. The average molecular weight is 277 g/mol. The molecule has 1 aromatic carbocycles. The highest BCUT2D eigenvalue weighted by molar-refractivity contribution is 5.56. The molecule has 0 radical (unpaired) electrons. The van der Waals surface area contributed by atoms with Gasteiger partial charge in [0.15, 0.2) is 11.5 Å². The molecule has 108 valence electrons. The summed E-state index contributed by atoms with van der Waals surface area (Å²) in [5.74, 6) is 1.64. The lowest BCUT2D eigenvalue weighted by atomic mass is 9.89. The molecule has 0 amide bonds. The zero-order valence-electron chi connectivity index (χ0n) is 11.4. The largest absolute Gasteiger partial charge is 0.454 e. The minimum absolute atomic E-state index is 0.0632. The van der Waals surface area contributed by atoms with Crippen molar-refractivity contribution in [2.75, 3.05) is 31.9 Å². The molecule has 5 heteroatoms. The Morgan fingerprint density at radius 2 is 2.10 bits per heavy atom. The van der Waals surface area contributed by atoms with Crippen LogP contribution in [0.3, 0.4) is 0 Å². The van der Waals surface area contributed by atoms with E-state index in [1.165, 1.54) is 0 Å². The highest BCUT2D eigenvalue weighted by atomic mass is 16.7. The van der Waals surface area contributed by atoms with Crippen molar-refractivity contribution >= 4 is 5.69 Å². The van der Waals surface area contributed by atoms with Crippen molar-refractivity contribution in [3.63, 3.8) is 0 Å². The van der Waals surface area contributed by atoms with E-state index in [2.05, 4.69) is 5.32 Å². The van der Waals surface area contributed by atoms with Gasteiger partial charge in [0.25, 0.3) is 0 Å². The van der Waals surface area contributed by atoms with E-state index in [9.17, 15) is 0 Å². The van der Waals surface area contributed by atoms with Crippen molar-refractivity contribution in [1.29, 1.82) is 0 Å². The standard InChI is InChI=1S/C15H19NO4/c1-2-13-14(19-10-18-13)7-11(1)16-12-3-5-20-15(8-12)4-6-17-9-15/h1-2,7,12,16H,3-6,8-10H2. The summed E-state index contributed by atoms with van der Waals surface area (Å²) in [4.78, 5) is 0. The second-order valence-electron chi connectivity index (χ2n) is 5.74. The molecule has 5 nitrogen and oxygen atoms in total. The van der Waals surface area contributed by atoms with Crippen LogP contribution in [-0.2, 0) is 9.47 Å². The summed E-state index contributed by atoms with van der Waals surface area (Å²) in [6.45, 7) is 2.66. The molecule has 0 aliphatic carbocycles. The molecule has 4 rings (SSSR count). The van der Waals surface area contributed by atoms with Crippen molar-refractivity contribution in [3.8, 4) is 11.5 Å². The maximum Gasteiger partial charge on any atom is 0.231 e. The lowest BCUT2D eigenvalue weighted by Gasteiger charge is -2.37. The van der Waals surface area contributed by atoms with Gasteiger partial charge in [-0.1, -0.05) is 0 Å². The third kappa shape index (κ3) is 2.21. The minimum Gasteiger partial charge on any atom is -0.454 e. The lowest BCUT2D eigenvalue weighted by Crippen LogP contribution is -2.44. The smallest absolute Gasteiger partial charge is 0.231 e. The number of fused-ring (bicyclic) bond motifs is 1.